The minimum Gasteiger partial charge on any atom is -0.497 e. The molecule has 0 aliphatic carbocycles. The van der Waals surface area contributed by atoms with Crippen molar-refractivity contribution < 1.29 is 27.5 Å². The summed E-state index contributed by atoms with van der Waals surface area (Å²) in [5.74, 6) is 0.420. The third-order valence-electron chi connectivity index (χ3n) is 6.65. The smallest absolute Gasteiger partial charge is 0.264 e. The summed E-state index contributed by atoms with van der Waals surface area (Å²) < 4.78 is 40.2. The van der Waals surface area contributed by atoms with Crippen LogP contribution in [0.3, 0.4) is 0 Å². The Hall–Kier alpha value is -3.57. The van der Waals surface area contributed by atoms with Gasteiger partial charge in [-0.3, -0.25) is 13.9 Å². The van der Waals surface area contributed by atoms with Gasteiger partial charge in [0, 0.05) is 13.1 Å². The number of ether oxygens (including phenoxy) is 2. The number of hydrogen-bond acceptors (Lipinski definition) is 6. The Morgan fingerprint density at radius 2 is 1.64 bits per heavy atom. The van der Waals surface area contributed by atoms with Crippen LogP contribution in [0.15, 0.2) is 76.1 Å². The molecule has 0 radical (unpaired) electrons. The molecule has 0 heterocycles. The van der Waals surface area contributed by atoms with Gasteiger partial charge in [0.15, 0.2) is 0 Å². The minimum atomic E-state index is -4.21. The minimum absolute atomic E-state index is 0.0226. The number of carbonyl (C=O) groups is 2. The van der Waals surface area contributed by atoms with Crippen LogP contribution < -0.4 is 19.1 Å². The van der Waals surface area contributed by atoms with Crippen LogP contribution in [0.5, 0.6) is 11.5 Å². The van der Waals surface area contributed by atoms with Crippen molar-refractivity contribution in [2.24, 2.45) is 5.92 Å². The first-order valence-electron chi connectivity index (χ1n) is 13.5. The molecular weight excluding hydrogens is 622 g/mol. The first-order chi connectivity index (χ1) is 19.9. The summed E-state index contributed by atoms with van der Waals surface area (Å²) in [5, 5.41) is 2.88. The fourth-order valence-electron chi connectivity index (χ4n) is 4.18. The number of carbonyl (C=O) groups excluding carboxylic acids is 2. The van der Waals surface area contributed by atoms with Crippen LogP contribution in [0, 0.1) is 12.8 Å². The summed E-state index contributed by atoms with van der Waals surface area (Å²) in [4.78, 5) is 28.6. The normalized spacial score (nSPS) is 12.0. The quantitative estimate of drug-likeness (QED) is 0.272. The summed E-state index contributed by atoms with van der Waals surface area (Å²) >= 11 is 3.36. The van der Waals surface area contributed by atoms with E-state index in [-0.39, 0.29) is 23.3 Å². The third kappa shape index (κ3) is 8.25. The number of benzene rings is 3. The molecule has 0 aliphatic heterocycles. The molecule has 3 aromatic carbocycles. The highest BCUT2D eigenvalue weighted by Gasteiger charge is 2.33. The Kier molecular flexibility index (Phi) is 11.4. The molecule has 9 nitrogen and oxygen atoms in total. The molecule has 0 fully saturated rings. The molecule has 0 aliphatic rings. The largest absolute Gasteiger partial charge is 0.497 e. The lowest BCUT2D eigenvalue weighted by molar-refractivity contribution is -0.139. The van der Waals surface area contributed by atoms with Gasteiger partial charge in [-0.1, -0.05) is 43.7 Å². The molecule has 1 atom stereocenters. The van der Waals surface area contributed by atoms with Gasteiger partial charge in [0.2, 0.25) is 11.8 Å². The summed E-state index contributed by atoms with van der Waals surface area (Å²) in [6, 6.07) is 17.6. The molecular formula is C31H38BrN3O6S. The van der Waals surface area contributed by atoms with Crippen molar-refractivity contribution in [1.29, 1.82) is 0 Å². The molecule has 226 valence electrons. The fourth-order valence-corrected chi connectivity index (χ4v) is 6.31. The number of rotatable bonds is 13. The Balaban J connectivity index is 2.04. The van der Waals surface area contributed by atoms with E-state index in [0.717, 1.165) is 15.4 Å². The van der Waals surface area contributed by atoms with Crippen molar-refractivity contribution in [3.8, 4) is 11.5 Å². The second-order valence-electron chi connectivity index (χ2n) is 10.3. The van der Waals surface area contributed by atoms with E-state index in [4.69, 9.17) is 9.47 Å². The molecule has 1 N–H and O–H groups in total. The van der Waals surface area contributed by atoms with Crippen LogP contribution in [0.25, 0.3) is 0 Å². The second-order valence-corrected chi connectivity index (χ2v) is 13.0. The van der Waals surface area contributed by atoms with Crippen LogP contribution in [0.1, 0.15) is 31.9 Å². The van der Waals surface area contributed by atoms with Crippen molar-refractivity contribution >= 4 is 43.5 Å². The Bertz CT molecular complexity index is 1490. The van der Waals surface area contributed by atoms with E-state index in [1.54, 1.807) is 62.6 Å². The number of hydrogen-bond donors (Lipinski definition) is 1. The maximum atomic E-state index is 14.1. The topological polar surface area (TPSA) is 105 Å². The van der Waals surface area contributed by atoms with Crippen molar-refractivity contribution in [3.63, 3.8) is 0 Å². The number of anilines is 1. The van der Waals surface area contributed by atoms with Gasteiger partial charge in [0.1, 0.15) is 24.1 Å². The summed E-state index contributed by atoms with van der Waals surface area (Å²) in [6.07, 6.45) is 0. The highest BCUT2D eigenvalue weighted by molar-refractivity contribution is 9.10. The van der Waals surface area contributed by atoms with Crippen molar-refractivity contribution in [2.45, 2.75) is 45.2 Å². The monoisotopic (exact) mass is 659 g/mol. The van der Waals surface area contributed by atoms with Gasteiger partial charge in [-0.05, 0) is 83.7 Å². The van der Waals surface area contributed by atoms with E-state index in [1.165, 1.54) is 24.1 Å². The lowest BCUT2D eigenvalue weighted by Crippen LogP contribution is -2.51. The second kappa shape index (κ2) is 14.6. The molecule has 0 bridgehead atoms. The van der Waals surface area contributed by atoms with Crippen molar-refractivity contribution in [3.05, 3.63) is 82.3 Å². The van der Waals surface area contributed by atoms with Gasteiger partial charge in [0.25, 0.3) is 10.0 Å². The van der Waals surface area contributed by atoms with E-state index in [1.807, 2.05) is 26.8 Å². The SMILES string of the molecule is COc1cccc(CN(C(=O)CN(c2ccc(C)cc2)S(=O)(=O)c2ccc(OC)c(Br)c2)C(C)C(=O)NCC(C)C)c1. The van der Waals surface area contributed by atoms with Crippen LogP contribution in [-0.4, -0.2) is 58.5 Å². The molecule has 0 spiro atoms. The highest BCUT2D eigenvalue weighted by Crippen LogP contribution is 2.31. The number of methoxy groups -OCH3 is 2. The number of amides is 2. The van der Waals surface area contributed by atoms with Gasteiger partial charge in [0.05, 0.1) is 29.3 Å². The van der Waals surface area contributed by atoms with Gasteiger partial charge in [-0.2, -0.15) is 0 Å². The fraction of sp³-hybridized carbons (Fsp3) is 0.355. The maximum absolute atomic E-state index is 14.1. The van der Waals surface area contributed by atoms with E-state index in [0.29, 0.717) is 28.2 Å². The van der Waals surface area contributed by atoms with E-state index in [9.17, 15) is 18.0 Å². The molecule has 3 rings (SSSR count). The zero-order valence-electron chi connectivity index (χ0n) is 24.8. The van der Waals surface area contributed by atoms with Crippen LogP contribution in [0.2, 0.25) is 0 Å². The predicted molar refractivity (Wildman–Crippen MR) is 167 cm³/mol. The van der Waals surface area contributed by atoms with Gasteiger partial charge < -0.3 is 19.7 Å². The zero-order chi connectivity index (χ0) is 31.0. The van der Waals surface area contributed by atoms with Crippen LogP contribution in [0.4, 0.5) is 5.69 Å². The highest BCUT2D eigenvalue weighted by atomic mass is 79.9. The lowest BCUT2D eigenvalue weighted by atomic mass is 10.1. The van der Waals surface area contributed by atoms with E-state index >= 15 is 0 Å². The van der Waals surface area contributed by atoms with Crippen molar-refractivity contribution in [1.82, 2.24) is 10.2 Å². The number of nitrogens with one attached hydrogen (secondary N) is 1. The third-order valence-corrected chi connectivity index (χ3v) is 9.04. The summed E-state index contributed by atoms with van der Waals surface area (Å²) in [5.41, 5.74) is 1.99. The Labute approximate surface area is 257 Å². The van der Waals surface area contributed by atoms with E-state index in [2.05, 4.69) is 21.2 Å². The molecule has 42 heavy (non-hydrogen) atoms. The number of aryl methyl sites for hydroxylation is 1. The summed E-state index contributed by atoms with van der Waals surface area (Å²) in [7, 11) is -1.18. The number of nitrogens with zero attached hydrogens (tertiary/aromatic N) is 2. The Morgan fingerprint density at radius 1 is 0.952 bits per heavy atom. The molecule has 0 aromatic heterocycles. The molecule has 0 saturated heterocycles. The first kappa shape index (κ1) is 32.9. The number of sulfonamides is 1. The molecule has 2 amide bonds. The standard InChI is InChI=1S/C31H38BrN3O6S/c1-21(2)18-33-31(37)23(4)34(19-24-8-7-9-26(16-24)40-5)30(36)20-35(25-12-10-22(3)11-13-25)42(38,39)27-14-15-29(41-6)28(32)17-27/h7-17,21,23H,18-20H2,1-6H3,(H,33,37). The van der Waals surface area contributed by atoms with Gasteiger partial charge in [-0.15, -0.1) is 0 Å². The zero-order valence-corrected chi connectivity index (χ0v) is 27.2. The first-order valence-corrected chi connectivity index (χ1v) is 15.7. The van der Waals surface area contributed by atoms with Gasteiger partial charge >= 0.3 is 0 Å². The lowest BCUT2D eigenvalue weighted by Gasteiger charge is -2.32. The van der Waals surface area contributed by atoms with Gasteiger partial charge in [-0.25, -0.2) is 8.42 Å². The van der Waals surface area contributed by atoms with Crippen molar-refractivity contribution in [2.75, 3.05) is 31.6 Å². The molecule has 11 heteroatoms. The Morgan fingerprint density at radius 3 is 2.24 bits per heavy atom. The predicted octanol–water partition coefficient (Wildman–Crippen LogP) is 5.16. The average molecular weight is 661 g/mol. The average Bonchev–Trinajstić information content (AvgIpc) is 2.97. The summed E-state index contributed by atoms with van der Waals surface area (Å²) in [6.45, 7) is 7.47. The van der Waals surface area contributed by atoms with Crippen LogP contribution in [-0.2, 0) is 26.2 Å². The van der Waals surface area contributed by atoms with Crippen LogP contribution >= 0.6 is 15.9 Å². The number of halogens is 1. The maximum Gasteiger partial charge on any atom is 0.264 e. The molecule has 1 unspecified atom stereocenters. The van der Waals surface area contributed by atoms with E-state index < -0.39 is 28.5 Å². The molecule has 3 aromatic rings. The molecule has 0 saturated carbocycles.